The van der Waals surface area contributed by atoms with Crippen LogP contribution in [0.15, 0.2) is 0 Å². The van der Waals surface area contributed by atoms with Crippen molar-refractivity contribution in [1.82, 2.24) is 0 Å². The maximum atomic E-state index is 10.7. The molecule has 0 aromatic heterocycles. The van der Waals surface area contributed by atoms with Crippen LogP contribution < -0.4 is 0 Å². The zero-order chi connectivity index (χ0) is 7.56. The molecule has 0 radical (unpaired) electrons. The summed E-state index contributed by atoms with van der Waals surface area (Å²) in [4.78, 5) is 10.7. The summed E-state index contributed by atoms with van der Waals surface area (Å²) in [5.41, 5.74) is 0. The van der Waals surface area contributed by atoms with Crippen LogP contribution in [0.1, 0.15) is 25.7 Å². The average Bonchev–Trinajstić information content (AvgIpc) is 1.88. The number of hydrogen-bond donors (Lipinski definition) is 2. The number of aliphatic hydroxyl groups excluding tert-OH is 1. The quantitative estimate of drug-likeness (QED) is 0.561. The zero-order valence-corrected chi connectivity index (χ0v) is 6.68. The molecule has 0 amide bonds. The van der Waals surface area contributed by atoms with Gasteiger partial charge in [0.15, 0.2) is 5.12 Å². The molecular weight excluding hydrogens is 148 g/mol. The molecule has 0 aliphatic heterocycles. The van der Waals surface area contributed by atoms with E-state index in [9.17, 15) is 4.79 Å². The molecule has 1 fully saturated rings. The van der Waals surface area contributed by atoms with Gasteiger partial charge in [-0.1, -0.05) is 0 Å². The van der Waals surface area contributed by atoms with Gasteiger partial charge in [0.05, 0.1) is 6.10 Å². The standard InChI is InChI=1S/C7H12O2S/c8-6-3-1-5(2-4-6)7(9)10/h5-6,8H,1-4H2,(H,9,10). The van der Waals surface area contributed by atoms with Crippen molar-refractivity contribution in [3.8, 4) is 0 Å². The summed E-state index contributed by atoms with van der Waals surface area (Å²) >= 11 is 3.75. The van der Waals surface area contributed by atoms with Gasteiger partial charge in [-0.15, -0.1) is 12.6 Å². The summed E-state index contributed by atoms with van der Waals surface area (Å²) < 4.78 is 0. The Kier molecular flexibility index (Phi) is 2.74. The third-order valence-corrected chi connectivity index (χ3v) is 2.41. The predicted octanol–water partition coefficient (Wildman–Crippen LogP) is 0.994. The molecule has 1 saturated carbocycles. The Morgan fingerprint density at radius 1 is 1.30 bits per heavy atom. The maximum absolute atomic E-state index is 10.7. The fourth-order valence-corrected chi connectivity index (χ4v) is 1.58. The van der Waals surface area contributed by atoms with E-state index in [4.69, 9.17) is 5.11 Å². The van der Waals surface area contributed by atoms with E-state index in [1.165, 1.54) is 0 Å². The largest absolute Gasteiger partial charge is 0.393 e. The van der Waals surface area contributed by atoms with Crippen molar-refractivity contribution in [2.45, 2.75) is 31.8 Å². The molecule has 0 bridgehead atoms. The summed E-state index contributed by atoms with van der Waals surface area (Å²) in [6.45, 7) is 0. The zero-order valence-electron chi connectivity index (χ0n) is 5.79. The van der Waals surface area contributed by atoms with Crippen molar-refractivity contribution in [3.63, 3.8) is 0 Å². The Hall–Kier alpha value is -0.0200. The average molecular weight is 160 g/mol. The first kappa shape index (κ1) is 8.08. The van der Waals surface area contributed by atoms with Crippen molar-refractivity contribution >= 4 is 17.7 Å². The van der Waals surface area contributed by atoms with Gasteiger partial charge >= 0.3 is 0 Å². The number of carbonyl (C=O) groups excluding carboxylic acids is 1. The van der Waals surface area contributed by atoms with Crippen LogP contribution in [-0.2, 0) is 4.79 Å². The summed E-state index contributed by atoms with van der Waals surface area (Å²) in [6.07, 6.45) is 2.96. The molecule has 0 spiro atoms. The monoisotopic (exact) mass is 160 g/mol. The molecule has 2 nitrogen and oxygen atoms in total. The maximum Gasteiger partial charge on any atom is 0.188 e. The van der Waals surface area contributed by atoms with E-state index in [1.807, 2.05) is 0 Å². The Labute approximate surface area is 66.0 Å². The molecule has 0 saturated heterocycles. The van der Waals surface area contributed by atoms with E-state index in [0.29, 0.717) is 0 Å². The summed E-state index contributed by atoms with van der Waals surface area (Å²) in [5, 5.41) is 9.05. The topological polar surface area (TPSA) is 37.3 Å². The van der Waals surface area contributed by atoms with Crippen molar-refractivity contribution in [1.29, 1.82) is 0 Å². The van der Waals surface area contributed by atoms with Crippen molar-refractivity contribution in [2.24, 2.45) is 5.92 Å². The van der Waals surface area contributed by atoms with E-state index >= 15 is 0 Å². The van der Waals surface area contributed by atoms with Gasteiger partial charge in [-0.3, -0.25) is 4.79 Å². The molecular formula is C7H12O2S. The lowest BCUT2D eigenvalue weighted by Gasteiger charge is -2.22. The molecule has 0 aromatic rings. The van der Waals surface area contributed by atoms with Crippen LogP contribution >= 0.6 is 12.6 Å². The van der Waals surface area contributed by atoms with Gasteiger partial charge in [0.2, 0.25) is 0 Å². The van der Waals surface area contributed by atoms with Crippen molar-refractivity contribution in [2.75, 3.05) is 0 Å². The summed E-state index contributed by atoms with van der Waals surface area (Å²) in [5.74, 6) is 0.103. The van der Waals surface area contributed by atoms with E-state index in [-0.39, 0.29) is 17.1 Å². The Balaban J connectivity index is 2.33. The van der Waals surface area contributed by atoms with Gasteiger partial charge in [0.25, 0.3) is 0 Å². The first-order valence-corrected chi connectivity index (χ1v) is 4.05. The normalized spacial score (nSPS) is 33.8. The van der Waals surface area contributed by atoms with Crippen molar-refractivity contribution in [3.05, 3.63) is 0 Å². The minimum Gasteiger partial charge on any atom is -0.393 e. The molecule has 1 aliphatic rings. The van der Waals surface area contributed by atoms with Gasteiger partial charge in [-0.2, -0.15) is 0 Å². The molecule has 0 heterocycles. The molecule has 0 aromatic carbocycles. The van der Waals surface area contributed by atoms with Gasteiger partial charge in [-0.25, -0.2) is 0 Å². The molecule has 10 heavy (non-hydrogen) atoms. The van der Waals surface area contributed by atoms with Crippen LogP contribution in [0.25, 0.3) is 0 Å². The first-order valence-electron chi connectivity index (χ1n) is 3.61. The van der Waals surface area contributed by atoms with Gasteiger partial charge in [0, 0.05) is 5.92 Å². The predicted molar refractivity (Wildman–Crippen MR) is 42.0 cm³/mol. The third-order valence-electron chi connectivity index (χ3n) is 2.05. The minimum atomic E-state index is -0.177. The molecule has 3 heteroatoms. The SMILES string of the molecule is O=C(S)C1CCC(O)CC1. The number of aliphatic hydroxyl groups is 1. The lowest BCUT2D eigenvalue weighted by molar-refractivity contribution is -0.115. The van der Waals surface area contributed by atoms with Crippen molar-refractivity contribution < 1.29 is 9.90 Å². The van der Waals surface area contributed by atoms with E-state index in [1.54, 1.807) is 0 Å². The lowest BCUT2D eigenvalue weighted by atomic mass is 9.88. The highest BCUT2D eigenvalue weighted by molar-refractivity contribution is 7.96. The smallest absolute Gasteiger partial charge is 0.188 e. The second-order valence-electron chi connectivity index (χ2n) is 2.84. The van der Waals surface area contributed by atoms with E-state index in [0.717, 1.165) is 25.7 Å². The van der Waals surface area contributed by atoms with Crippen LogP contribution in [0.4, 0.5) is 0 Å². The second kappa shape index (κ2) is 3.39. The highest BCUT2D eigenvalue weighted by Gasteiger charge is 2.22. The van der Waals surface area contributed by atoms with E-state index in [2.05, 4.69) is 12.6 Å². The van der Waals surface area contributed by atoms with Crippen LogP contribution in [0.5, 0.6) is 0 Å². The minimum absolute atomic E-state index is 0.0214. The molecule has 1 N–H and O–H groups in total. The van der Waals surface area contributed by atoms with Crippen LogP contribution in [-0.4, -0.2) is 16.3 Å². The number of thiol groups is 1. The molecule has 58 valence electrons. The molecule has 0 unspecified atom stereocenters. The number of rotatable bonds is 1. The first-order chi connectivity index (χ1) is 4.70. The third kappa shape index (κ3) is 1.99. The highest BCUT2D eigenvalue weighted by atomic mass is 32.1. The Bertz CT molecular complexity index is 128. The Morgan fingerprint density at radius 2 is 1.80 bits per heavy atom. The molecule has 1 aliphatic carbocycles. The molecule has 0 atom stereocenters. The van der Waals surface area contributed by atoms with Crippen LogP contribution in [0.3, 0.4) is 0 Å². The van der Waals surface area contributed by atoms with Crippen LogP contribution in [0.2, 0.25) is 0 Å². The fourth-order valence-electron chi connectivity index (χ4n) is 1.32. The van der Waals surface area contributed by atoms with E-state index < -0.39 is 0 Å². The summed E-state index contributed by atoms with van der Waals surface area (Å²) in [6, 6.07) is 0. The van der Waals surface area contributed by atoms with Gasteiger partial charge in [0.1, 0.15) is 0 Å². The lowest BCUT2D eigenvalue weighted by Crippen LogP contribution is -2.21. The van der Waals surface area contributed by atoms with Gasteiger partial charge < -0.3 is 5.11 Å². The summed E-state index contributed by atoms with van der Waals surface area (Å²) in [7, 11) is 0. The number of carbonyl (C=O) groups is 1. The van der Waals surface area contributed by atoms with Crippen LogP contribution in [0, 0.1) is 5.92 Å². The highest BCUT2D eigenvalue weighted by Crippen LogP contribution is 2.25. The fraction of sp³-hybridized carbons (Fsp3) is 0.857. The Morgan fingerprint density at radius 3 is 2.20 bits per heavy atom. The molecule has 1 rings (SSSR count). The second-order valence-corrected chi connectivity index (χ2v) is 3.28. The van der Waals surface area contributed by atoms with Gasteiger partial charge in [-0.05, 0) is 25.7 Å². The number of hydrogen-bond acceptors (Lipinski definition) is 2.